The van der Waals surface area contributed by atoms with E-state index in [4.69, 9.17) is 10.5 Å². The zero-order chi connectivity index (χ0) is 40.9. The Morgan fingerprint density at radius 1 is 0.931 bits per heavy atom. The van der Waals surface area contributed by atoms with Crippen LogP contribution in [0.3, 0.4) is 0 Å². The van der Waals surface area contributed by atoms with Crippen molar-refractivity contribution in [3.8, 4) is 0 Å². The van der Waals surface area contributed by atoms with Crippen LogP contribution in [0.4, 0.5) is 4.79 Å². The number of aryl methyl sites for hydroxylation is 1. The second kappa shape index (κ2) is 17.6. The number of esters is 1. The van der Waals surface area contributed by atoms with Crippen LogP contribution >= 0.6 is 23.5 Å². The summed E-state index contributed by atoms with van der Waals surface area (Å²) in [5, 5.41) is 16.8. The van der Waals surface area contributed by atoms with Gasteiger partial charge in [0.1, 0.15) is 23.2 Å². The number of aromatic nitrogens is 4. The van der Waals surface area contributed by atoms with E-state index in [2.05, 4.69) is 26.2 Å². The summed E-state index contributed by atoms with van der Waals surface area (Å²) < 4.78 is 7.76. The largest absolute Gasteiger partial charge is 0.448 e. The van der Waals surface area contributed by atoms with Crippen molar-refractivity contribution in [2.24, 2.45) is 12.8 Å². The molecule has 4 N–H and O–H groups in total. The van der Waals surface area contributed by atoms with Gasteiger partial charge in [0.2, 0.25) is 11.1 Å². The Hall–Kier alpha value is -6.05. The summed E-state index contributed by atoms with van der Waals surface area (Å²) in [5.41, 5.74) is 9.06. The Balaban J connectivity index is 1.14. The smallest absolute Gasteiger partial charge is 0.356 e. The van der Waals surface area contributed by atoms with Gasteiger partial charge in [-0.3, -0.25) is 29.0 Å². The number of urea groups is 1. The third kappa shape index (κ3) is 8.18. The van der Waals surface area contributed by atoms with Crippen molar-refractivity contribution < 1.29 is 33.5 Å². The summed E-state index contributed by atoms with van der Waals surface area (Å²) in [7, 11) is 1.69. The van der Waals surface area contributed by atoms with E-state index in [0.29, 0.717) is 28.6 Å². The highest BCUT2D eigenvalue weighted by atomic mass is 32.2. The van der Waals surface area contributed by atoms with Crippen molar-refractivity contribution in [3.63, 3.8) is 0 Å². The number of carbonyl (C=O) groups is 6. The van der Waals surface area contributed by atoms with Gasteiger partial charge in [-0.25, -0.2) is 14.3 Å². The topological polar surface area (TPSA) is 215 Å². The molecule has 0 saturated carbocycles. The Kier molecular flexibility index (Phi) is 12.2. The second-order valence-corrected chi connectivity index (χ2v) is 15.5. The van der Waals surface area contributed by atoms with E-state index in [1.807, 2.05) is 60.7 Å². The molecule has 300 valence electrons. The van der Waals surface area contributed by atoms with Crippen molar-refractivity contribution in [2.45, 2.75) is 42.2 Å². The molecule has 3 atom stereocenters. The molecule has 6 amide bonds. The zero-order valence-electron chi connectivity index (χ0n) is 31.5. The number of rotatable bonds is 13. The number of fused-ring (bicyclic) bond motifs is 1. The third-order valence-electron chi connectivity index (χ3n) is 9.94. The van der Waals surface area contributed by atoms with Crippen LogP contribution in [0.2, 0.25) is 0 Å². The molecule has 3 aromatic carbocycles. The number of piperazine rings is 1. The van der Waals surface area contributed by atoms with Crippen LogP contribution in [-0.2, 0) is 42.3 Å². The van der Waals surface area contributed by atoms with E-state index in [1.165, 1.54) is 38.0 Å². The summed E-state index contributed by atoms with van der Waals surface area (Å²) in [5.74, 6) is -3.28. The predicted molar refractivity (Wildman–Crippen MR) is 212 cm³/mol. The number of thioether (sulfide) groups is 2. The number of ether oxygens (including phenoxy) is 1. The normalized spacial score (nSPS) is 18.5. The van der Waals surface area contributed by atoms with E-state index < -0.39 is 59.2 Å². The highest BCUT2D eigenvalue weighted by Gasteiger charge is 2.55. The molecular weight excluding hydrogens is 785 g/mol. The standard InChI is InChI=1S/C39H40N10O7S2/c1-3-47-18-19-48(35(53)34(47)52)38(55)42-28(24-16-14-23(20-40)15-17-24)32(50)41-29-33(51)49-30(27(21-57-36(29)49)22-58-39-43-44-45-46(39)2)37(54)56-31(25-10-6-4-7-11-25)26-12-8-5-9-13-26/h4-17,28-29,31,36H,3,18-22,40H2,1-2H3,(H,41,50)(H,42,55)/t28-,29-,36-/m1/s1. The van der Waals surface area contributed by atoms with Crippen molar-refractivity contribution in [2.75, 3.05) is 31.1 Å². The summed E-state index contributed by atoms with van der Waals surface area (Å²) in [4.78, 5) is 85.1. The number of carbonyl (C=O) groups excluding carboxylic acids is 6. The summed E-state index contributed by atoms with van der Waals surface area (Å²) in [6.45, 7) is 2.35. The molecule has 0 radical (unpaired) electrons. The first-order valence-electron chi connectivity index (χ1n) is 18.4. The van der Waals surface area contributed by atoms with Gasteiger partial charge in [0.25, 0.3) is 5.91 Å². The summed E-state index contributed by atoms with van der Waals surface area (Å²) in [6, 6.07) is 21.8. The van der Waals surface area contributed by atoms with Gasteiger partial charge in [0.15, 0.2) is 6.10 Å². The van der Waals surface area contributed by atoms with Gasteiger partial charge >= 0.3 is 23.8 Å². The number of benzene rings is 3. The summed E-state index contributed by atoms with van der Waals surface area (Å²) >= 11 is 2.65. The fourth-order valence-electron chi connectivity index (χ4n) is 6.78. The molecule has 58 heavy (non-hydrogen) atoms. The van der Waals surface area contributed by atoms with Crippen molar-refractivity contribution in [1.29, 1.82) is 0 Å². The molecule has 19 heteroatoms. The molecule has 0 spiro atoms. The molecule has 0 bridgehead atoms. The molecule has 4 heterocycles. The van der Waals surface area contributed by atoms with Crippen LogP contribution in [0.5, 0.6) is 0 Å². The van der Waals surface area contributed by atoms with Crippen LogP contribution < -0.4 is 16.4 Å². The predicted octanol–water partition coefficient (Wildman–Crippen LogP) is 1.89. The van der Waals surface area contributed by atoms with Crippen molar-refractivity contribution >= 4 is 59.2 Å². The Bertz CT molecular complexity index is 2200. The average Bonchev–Trinajstić information content (AvgIpc) is 3.67. The number of nitrogens with zero attached hydrogens (tertiary/aromatic N) is 7. The molecule has 7 rings (SSSR count). The first-order chi connectivity index (χ1) is 28.1. The molecule has 2 saturated heterocycles. The Morgan fingerprint density at radius 2 is 1.60 bits per heavy atom. The van der Waals surface area contributed by atoms with Gasteiger partial charge in [0, 0.05) is 44.7 Å². The first kappa shape index (κ1) is 40.2. The third-order valence-corrected chi connectivity index (χ3v) is 12.4. The lowest BCUT2D eigenvalue weighted by Crippen LogP contribution is -2.71. The number of nitrogens with two attached hydrogens (primary N) is 1. The van der Waals surface area contributed by atoms with Crippen molar-refractivity contribution in [1.82, 2.24) is 45.5 Å². The average molecular weight is 825 g/mol. The number of imide groups is 1. The molecule has 17 nitrogen and oxygen atoms in total. The molecule has 0 unspecified atom stereocenters. The maximum Gasteiger partial charge on any atom is 0.356 e. The van der Waals surface area contributed by atoms with E-state index >= 15 is 0 Å². The second-order valence-electron chi connectivity index (χ2n) is 13.5. The van der Waals surface area contributed by atoms with Crippen LogP contribution in [-0.4, -0.2) is 113 Å². The van der Waals surface area contributed by atoms with Crippen LogP contribution in [0.25, 0.3) is 0 Å². The highest BCUT2D eigenvalue weighted by molar-refractivity contribution is 8.01. The lowest BCUT2D eigenvalue weighted by molar-refractivity contribution is -0.155. The molecular formula is C39H40N10O7S2. The quantitative estimate of drug-likeness (QED) is 0.0762. The molecule has 3 aliphatic heterocycles. The van der Waals surface area contributed by atoms with E-state index in [0.717, 1.165) is 21.6 Å². The molecule has 1 aromatic heterocycles. The number of hydrogen-bond acceptors (Lipinski definition) is 13. The fraction of sp³-hybridized carbons (Fsp3) is 0.308. The zero-order valence-corrected chi connectivity index (χ0v) is 33.2. The lowest BCUT2D eigenvalue weighted by Gasteiger charge is -2.50. The van der Waals surface area contributed by atoms with Crippen LogP contribution in [0, 0.1) is 0 Å². The van der Waals surface area contributed by atoms with E-state index in [1.54, 1.807) is 38.2 Å². The van der Waals surface area contributed by atoms with Gasteiger partial charge in [-0.2, -0.15) is 0 Å². The highest BCUT2D eigenvalue weighted by Crippen LogP contribution is 2.43. The SMILES string of the molecule is CCN1CCN(C(=O)N[C@@H](C(=O)N[C@@H]2C(=O)N3C(C(=O)OC(c4ccccc4)c4ccccc4)=C(CSc4nnnn4C)CS[C@H]23)c2ccc(CN)cc2)C(=O)C1=O. The van der Waals surface area contributed by atoms with E-state index in [-0.39, 0.29) is 31.1 Å². The molecule has 2 fully saturated rings. The Labute approximate surface area is 341 Å². The number of nitrogens with one attached hydrogen (secondary N) is 2. The number of amides is 6. The number of tetrazole rings is 1. The molecule has 0 aliphatic carbocycles. The number of β-lactam (4-membered cyclic amide) rings is 1. The minimum absolute atomic E-state index is 0.0616. The number of hydrogen-bond donors (Lipinski definition) is 3. The van der Waals surface area contributed by atoms with Gasteiger partial charge in [0.05, 0.1) is 0 Å². The monoisotopic (exact) mass is 824 g/mol. The molecule has 3 aliphatic rings. The number of likely N-dealkylation sites (N-methyl/N-ethyl adjacent to an activating group) is 1. The van der Waals surface area contributed by atoms with Gasteiger partial charge in [-0.1, -0.05) is 96.7 Å². The lowest BCUT2D eigenvalue weighted by atomic mass is 9.99. The van der Waals surface area contributed by atoms with Crippen molar-refractivity contribution in [3.05, 3.63) is 118 Å². The van der Waals surface area contributed by atoms with Crippen LogP contribution in [0.15, 0.2) is 101 Å². The fourth-order valence-corrected chi connectivity index (χ4v) is 9.11. The molecule has 4 aromatic rings. The minimum Gasteiger partial charge on any atom is -0.448 e. The first-order valence-corrected chi connectivity index (χ1v) is 20.5. The minimum atomic E-state index is -1.37. The van der Waals surface area contributed by atoms with Gasteiger partial charge in [-0.05, 0) is 45.2 Å². The van der Waals surface area contributed by atoms with Crippen LogP contribution in [0.1, 0.15) is 41.3 Å². The Morgan fingerprint density at radius 3 is 2.21 bits per heavy atom. The summed E-state index contributed by atoms with van der Waals surface area (Å²) in [6.07, 6.45) is -0.790. The maximum atomic E-state index is 14.4. The van der Waals surface area contributed by atoms with Gasteiger partial charge < -0.3 is 26.0 Å². The maximum absolute atomic E-state index is 14.4. The van der Waals surface area contributed by atoms with Gasteiger partial charge in [-0.15, -0.1) is 16.9 Å². The van der Waals surface area contributed by atoms with E-state index in [9.17, 15) is 28.8 Å².